The number of nitrogens with zero attached hydrogens (tertiary/aromatic N) is 4. The quantitative estimate of drug-likeness (QED) is 0.241. The third-order valence-corrected chi connectivity index (χ3v) is 11.2. The van der Waals surface area contributed by atoms with Crippen molar-refractivity contribution in [3.05, 3.63) is 55.5 Å². The summed E-state index contributed by atoms with van der Waals surface area (Å²) in [6, 6.07) is 10.1. The molecular weight excluding hydrogens is 724 g/mol. The second-order valence-corrected chi connectivity index (χ2v) is 15.2. The number of carboxylic acid groups (broad SMARTS) is 1. The highest BCUT2D eigenvalue weighted by Crippen LogP contribution is 2.36. The summed E-state index contributed by atoms with van der Waals surface area (Å²) >= 11 is 7.02. The molecule has 0 atom stereocenters. The van der Waals surface area contributed by atoms with Gasteiger partial charge in [-0.05, 0) is 143 Å². The Morgan fingerprint density at radius 3 is 1.34 bits per heavy atom. The normalized spacial score (nSPS) is 21.2. The fraction of sp³-hybridized carbons (Fsp3) is 0.622. The van der Waals surface area contributed by atoms with Crippen molar-refractivity contribution in [3.63, 3.8) is 0 Å². The first kappa shape index (κ1) is 39.3. The van der Waals surface area contributed by atoms with Gasteiger partial charge in [-0.2, -0.15) is 0 Å². The molecular formula is C37H56Br2N4O4. The van der Waals surface area contributed by atoms with Crippen LogP contribution in [0.2, 0.25) is 0 Å². The Kier molecular flexibility index (Phi) is 15.1. The lowest BCUT2D eigenvalue weighted by molar-refractivity contribution is 0.0599. The maximum absolute atomic E-state index is 12.1. The largest absolute Gasteiger partial charge is 0.478 e. The molecule has 8 nitrogen and oxygen atoms in total. The molecule has 2 fully saturated rings. The summed E-state index contributed by atoms with van der Waals surface area (Å²) in [5, 5.41) is 9.43. The Labute approximate surface area is 300 Å². The molecule has 2 aromatic rings. The molecule has 1 N–H and O–H groups in total. The number of methoxy groups -OCH3 is 1. The van der Waals surface area contributed by atoms with Crippen molar-refractivity contribution >= 4 is 55.2 Å². The Balaban J connectivity index is 0.000000256. The van der Waals surface area contributed by atoms with E-state index in [4.69, 9.17) is 4.74 Å². The van der Waals surface area contributed by atoms with Crippen LogP contribution in [0.1, 0.15) is 97.1 Å². The molecule has 0 saturated heterocycles. The number of hydrogen-bond acceptors (Lipinski definition) is 7. The second kappa shape index (κ2) is 18.0. The molecule has 0 aromatic heterocycles. The van der Waals surface area contributed by atoms with E-state index in [1.807, 2.05) is 19.9 Å². The third-order valence-electron chi connectivity index (χ3n) is 10.3. The molecule has 10 heteroatoms. The van der Waals surface area contributed by atoms with Crippen LogP contribution >= 0.6 is 31.9 Å². The lowest BCUT2D eigenvalue weighted by Gasteiger charge is -2.40. The van der Waals surface area contributed by atoms with Crippen molar-refractivity contribution in [2.24, 2.45) is 0 Å². The number of ether oxygens (including phenoxy) is 1. The molecule has 262 valence electrons. The van der Waals surface area contributed by atoms with Gasteiger partial charge in [-0.25, -0.2) is 9.59 Å². The molecule has 2 aliphatic rings. The number of halogens is 2. The molecule has 0 radical (unpaired) electrons. The predicted molar refractivity (Wildman–Crippen MR) is 202 cm³/mol. The van der Waals surface area contributed by atoms with Gasteiger partial charge in [0.25, 0.3) is 0 Å². The van der Waals surface area contributed by atoms with Gasteiger partial charge in [-0.15, -0.1) is 0 Å². The molecule has 0 heterocycles. The number of rotatable bonds is 10. The van der Waals surface area contributed by atoms with Crippen molar-refractivity contribution in [3.8, 4) is 0 Å². The monoisotopic (exact) mass is 778 g/mol. The second-order valence-electron chi connectivity index (χ2n) is 13.4. The molecule has 2 saturated carbocycles. The van der Waals surface area contributed by atoms with Crippen LogP contribution in [0.15, 0.2) is 33.2 Å². The molecule has 4 rings (SSSR count). The first-order valence-corrected chi connectivity index (χ1v) is 18.6. The minimum Gasteiger partial charge on any atom is -0.478 e. The molecule has 0 unspecified atom stereocenters. The molecule has 47 heavy (non-hydrogen) atoms. The van der Waals surface area contributed by atoms with E-state index in [0.717, 1.165) is 57.4 Å². The van der Waals surface area contributed by atoms with Crippen molar-refractivity contribution in [1.82, 2.24) is 9.80 Å². The van der Waals surface area contributed by atoms with E-state index >= 15 is 0 Å². The molecule has 2 aromatic carbocycles. The van der Waals surface area contributed by atoms with Crippen LogP contribution < -0.4 is 9.80 Å². The number of carbonyl (C=O) groups is 2. The number of anilines is 2. The van der Waals surface area contributed by atoms with E-state index in [0.29, 0.717) is 35.3 Å². The topological polar surface area (TPSA) is 76.6 Å². The van der Waals surface area contributed by atoms with Crippen LogP contribution in [0.25, 0.3) is 0 Å². The van der Waals surface area contributed by atoms with E-state index in [-0.39, 0.29) is 5.97 Å². The van der Waals surface area contributed by atoms with E-state index in [2.05, 4.69) is 106 Å². The van der Waals surface area contributed by atoms with E-state index in [9.17, 15) is 14.7 Å². The average Bonchev–Trinajstić information content (AvgIpc) is 3.04. The van der Waals surface area contributed by atoms with Crippen LogP contribution in [-0.2, 0) is 4.74 Å². The van der Waals surface area contributed by atoms with Crippen molar-refractivity contribution in [1.29, 1.82) is 0 Å². The first-order valence-electron chi connectivity index (χ1n) is 17.0. The highest BCUT2D eigenvalue weighted by molar-refractivity contribution is 9.10. The molecule has 2 aliphatic carbocycles. The van der Waals surface area contributed by atoms with Crippen LogP contribution in [0.4, 0.5) is 11.4 Å². The zero-order chi connectivity index (χ0) is 35.0. The van der Waals surface area contributed by atoms with Crippen LogP contribution in [0, 0.1) is 13.8 Å². The Morgan fingerprint density at radius 1 is 0.681 bits per heavy atom. The number of carbonyl (C=O) groups excluding carboxylic acids is 1. The smallest absolute Gasteiger partial charge is 0.338 e. The van der Waals surface area contributed by atoms with Gasteiger partial charge < -0.3 is 29.4 Å². The van der Waals surface area contributed by atoms with Gasteiger partial charge in [0.1, 0.15) is 0 Å². The van der Waals surface area contributed by atoms with Crippen LogP contribution in [0.3, 0.4) is 0 Å². The minimum atomic E-state index is -0.864. The Hall–Kier alpha value is -2.14. The zero-order valence-corrected chi connectivity index (χ0v) is 33.1. The number of esters is 1. The van der Waals surface area contributed by atoms with E-state index < -0.39 is 5.97 Å². The molecule has 0 amide bonds. The van der Waals surface area contributed by atoms with Gasteiger partial charge >= 0.3 is 11.9 Å². The fourth-order valence-electron chi connectivity index (χ4n) is 7.49. The number of hydrogen-bond donors (Lipinski definition) is 1. The van der Waals surface area contributed by atoms with Crippen molar-refractivity contribution in [2.75, 3.05) is 58.2 Å². The SMILES string of the molecule is CCN(c1cc(Br)cc(C(=O)O)c1C)C1CCC(N(C)C)CC1.CCN(c1cc(Br)cc(C(=O)OC)c1C)C1CCC(N(C)C)CC1. The van der Waals surface area contributed by atoms with Crippen LogP contribution in [0.5, 0.6) is 0 Å². The number of aromatic carboxylic acids is 1. The standard InChI is InChI=1S/C19H29BrN2O2.C18H27BrN2O2/c1-6-22(16-9-7-15(8-10-16)21(3)4)18-12-14(20)11-17(13(18)2)19(23)24-5;1-5-21(15-8-6-14(7-9-15)20(3)4)17-11-13(19)10-16(12(17)2)18(22)23/h11-12,15-16H,6-10H2,1-5H3;10-11,14-15H,5-9H2,1-4H3,(H,22,23). The van der Waals surface area contributed by atoms with Gasteiger partial charge in [-0.3, -0.25) is 0 Å². The third kappa shape index (κ3) is 9.96. The van der Waals surface area contributed by atoms with E-state index in [1.54, 1.807) is 6.07 Å². The van der Waals surface area contributed by atoms with Gasteiger partial charge in [-0.1, -0.05) is 31.9 Å². The van der Waals surface area contributed by atoms with Gasteiger partial charge in [0.15, 0.2) is 0 Å². The summed E-state index contributed by atoms with van der Waals surface area (Å²) in [5.41, 5.74) is 5.07. The summed E-state index contributed by atoms with van der Waals surface area (Å²) in [7, 11) is 10.1. The summed E-state index contributed by atoms with van der Waals surface area (Å²) < 4.78 is 6.69. The highest BCUT2D eigenvalue weighted by Gasteiger charge is 2.29. The maximum Gasteiger partial charge on any atom is 0.338 e. The molecule has 0 bridgehead atoms. The zero-order valence-electron chi connectivity index (χ0n) is 29.9. The maximum atomic E-state index is 12.1. The van der Waals surface area contributed by atoms with Crippen molar-refractivity contribution < 1.29 is 19.4 Å². The van der Waals surface area contributed by atoms with Gasteiger partial charge in [0, 0.05) is 57.6 Å². The van der Waals surface area contributed by atoms with Crippen molar-refractivity contribution in [2.45, 2.75) is 103 Å². The molecule has 0 spiro atoms. The number of carboxylic acids is 1. The summed E-state index contributed by atoms with van der Waals surface area (Å²) in [4.78, 5) is 33.1. The predicted octanol–water partition coefficient (Wildman–Crippen LogP) is 8.40. The Morgan fingerprint density at radius 2 is 1.02 bits per heavy atom. The lowest BCUT2D eigenvalue weighted by atomic mass is 9.89. The minimum absolute atomic E-state index is 0.276. The summed E-state index contributed by atoms with van der Waals surface area (Å²) in [6.45, 7) is 10.1. The first-order chi connectivity index (χ1) is 22.2. The van der Waals surface area contributed by atoms with Gasteiger partial charge in [0.2, 0.25) is 0 Å². The molecule has 0 aliphatic heterocycles. The fourth-order valence-corrected chi connectivity index (χ4v) is 8.38. The van der Waals surface area contributed by atoms with Crippen LogP contribution in [-0.4, -0.2) is 99.4 Å². The number of benzene rings is 2. The average molecular weight is 781 g/mol. The summed E-state index contributed by atoms with van der Waals surface area (Å²) in [5.74, 6) is -1.14. The van der Waals surface area contributed by atoms with Gasteiger partial charge in [0.05, 0.1) is 18.2 Å². The van der Waals surface area contributed by atoms with E-state index in [1.165, 1.54) is 45.6 Å². The highest BCUT2D eigenvalue weighted by atomic mass is 79.9. The Bertz CT molecular complexity index is 1350. The summed E-state index contributed by atoms with van der Waals surface area (Å²) in [6.07, 6.45) is 9.55. The lowest BCUT2D eigenvalue weighted by Crippen LogP contribution is -2.42.